The van der Waals surface area contributed by atoms with E-state index in [2.05, 4.69) is 4.98 Å². The summed E-state index contributed by atoms with van der Waals surface area (Å²) in [4.78, 5) is 4.02. The minimum Gasteiger partial charge on any atom is -0.439 e. The van der Waals surface area contributed by atoms with Gasteiger partial charge in [-0.2, -0.15) is 0 Å². The summed E-state index contributed by atoms with van der Waals surface area (Å²) in [6.45, 7) is 1.99. The average molecular weight is 235 g/mol. The smallest absolute Gasteiger partial charge is 0.222 e. The molecule has 0 amide bonds. The zero-order chi connectivity index (χ0) is 11.5. The van der Waals surface area contributed by atoms with Crippen molar-refractivity contribution >= 4 is 17.3 Å². The molecule has 0 saturated heterocycles. The monoisotopic (exact) mass is 234 g/mol. The van der Waals surface area contributed by atoms with E-state index in [1.807, 2.05) is 31.2 Å². The summed E-state index contributed by atoms with van der Waals surface area (Å²) in [6.07, 6.45) is 0. The number of hydrogen-bond donors (Lipinski definition) is 1. The van der Waals surface area contributed by atoms with Crippen LogP contribution in [-0.2, 0) is 0 Å². The molecule has 3 nitrogen and oxygen atoms in total. The van der Waals surface area contributed by atoms with Crippen LogP contribution < -0.4 is 10.5 Å². The van der Waals surface area contributed by atoms with Gasteiger partial charge in [0.25, 0.3) is 0 Å². The number of nitrogens with two attached hydrogens (primary N) is 1. The van der Waals surface area contributed by atoms with Gasteiger partial charge in [0.05, 0.1) is 0 Å². The third-order valence-corrected chi connectivity index (χ3v) is 2.20. The van der Waals surface area contributed by atoms with Gasteiger partial charge >= 0.3 is 0 Å². The molecule has 2 rings (SSSR count). The van der Waals surface area contributed by atoms with Gasteiger partial charge in [0.2, 0.25) is 5.88 Å². The van der Waals surface area contributed by atoms with Crippen LogP contribution in [0, 0.1) is 6.92 Å². The molecule has 1 aromatic carbocycles. The fourth-order valence-electron chi connectivity index (χ4n) is 1.34. The summed E-state index contributed by atoms with van der Waals surface area (Å²) < 4.78 is 5.55. The van der Waals surface area contributed by atoms with E-state index in [1.54, 1.807) is 12.1 Å². The number of nitrogen functional groups attached to an aromatic ring is 1. The largest absolute Gasteiger partial charge is 0.439 e. The number of rotatable bonds is 2. The standard InChI is InChI=1S/C12H11ClN2O/c1-8-3-2-4-10(5-8)16-12-7-9(14)6-11(13)15-12/h2-7H,1H3,(H2,14,15). The molecule has 4 heteroatoms. The fraction of sp³-hybridized carbons (Fsp3) is 0.0833. The maximum Gasteiger partial charge on any atom is 0.222 e. The highest BCUT2D eigenvalue weighted by molar-refractivity contribution is 6.29. The lowest BCUT2D eigenvalue weighted by atomic mass is 10.2. The molecule has 0 saturated carbocycles. The van der Waals surface area contributed by atoms with Crippen molar-refractivity contribution in [1.82, 2.24) is 4.98 Å². The van der Waals surface area contributed by atoms with E-state index in [-0.39, 0.29) is 0 Å². The number of anilines is 1. The molecule has 0 radical (unpaired) electrons. The van der Waals surface area contributed by atoms with Gasteiger partial charge in [-0.05, 0) is 30.7 Å². The van der Waals surface area contributed by atoms with Gasteiger partial charge in [-0.25, -0.2) is 4.98 Å². The number of aromatic nitrogens is 1. The number of benzene rings is 1. The summed E-state index contributed by atoms with van der Waals surface area (Å²) >= 11 is 5.78. The second-order valence-corrected chi connectivity index (χ2v) is 3.87. The van der Waals surface area contributed by atoms with E-state index in [4.69, 9.17) is 22.1 Å². The SMILES string of the molecule is Cc1cccc(Oc2cc(N)cc(Cl)n2)c1. The predicted octanol–water partition coefficient (Wildman–Crippen LogP) is 3.42. The summed E-state index contributed by atoms with van der Waals surface area (Å²) in [7, 11) is 0. The molecular formula is C12H11ClN2O. The molecule has 0 aliphatic carbocycles. The van der Waals surface area contributed by atoms with Crippen LogP contribution in [0.25, 0.3) is 0 Å². The zero-order valence-electron chi connectivity index (χ0n) is 8.77. The Morgan fingerprint density at radius 3 is 2.75 bits per heavy atom. The van der Waals surface area contributed by atoms with Crippen LogP contribution >= 0.6 is 11.6 Å². The molecule has 16 heavy (non-hydrogen) atoms. The zero-order valence-corrected chi connectivity index (χ0v) is 9.53. The summed E-state index contributed by atoms with van der Waals surface area (Å²) in [5.41, 5.74) is 7.29. The Morgan fingerprint density at radius 1 is 1.25 bits per heavy atom. The van der Waals surface area contributed by atoms with Crippen molar-refractivity contribution in [3.05, 3.63) is 47.1 Å². The lowest BCUT2D eigenvalue weighted by Gasteiger charge is -2.06. The van der Waals surface area contributed by atoms with Crippen LogP contribution in [0.4, 0.5) is 5.69 Å². The average Bonchev–Trinajstić information content (AvgIpc) is 2.15. The molecule has 0 fully saturated rings. The molecule has 1 aromatic heterocycles. The van der Waals surface area contributed by atoms with E-state index < -0.39 is 0 Å². The molecule has 0 unspecified atom stereocenters. The number of ether oxygens (including phenoxy) is 1. The number of nitrogens with zero attached hydrogens (tertiary/aromatic N) is 1. The second kappa shape index (κ2) is 4.41. The number of halogens is 1. The first-order valence-electron chi connectivity index (χ1n) is 4.81. The second-order valence-electron chi connectivity index (χ2n) is 3.48. The first-order valence-corrected chi connectivity index (χ1v) is 5.19. The first-order chi connectivity index (χ1) is 7.63. The topological polar surface area (TPSA) is 48.1 Å². The summed E-state index contributed by atoms with van der Waals surface area (Å²) in [5.74, 6) is 1.12. The molecule has 0 aliphatic rings. The molecule has 2 N–H and O–H groups in total. The van der Waals surface area contributed by atoms with Gasteiger partial charge in [0.1, 0.15) is 10.9 Å². The molecule has 1 heterocycles. The minimum atomic E-state index is 0.322. The predicted molar refractivity (Wildman–Crippen MR) is 64.9 cm³/mol. The van der Waals surface area contributed by atoms with Crippen molar-refractivity contribution < 1.29 is 4.74 Å². The van der Waals surface area contributed by atoms with E-state index in [9.17, 15) is 0 Å². The van der Waals surface area contributed by atoms with Gasteiger partial charge in [-0.1, -0.05) is 23.7 Å². The maximum atomic E-state index is 5.78. The summed E-state index contributed by atoms with van der Waals surface area (Å²) in [6, 6.07) is 10.9. The molecule has 82 valence electrons. The number of aryl methyl sites for hydroxylation is 1. The molecule has 0 aliphatic heterocycles. The first kappa shape index (κ1) is 10.8. The quantitative estimate of drug-likeness (QED) is 0.810. The lowest BCUT2D eigenvalue weighted by Crippen LogP contribution is -1.92. The lowest BCUT2D eigenvalue weighted by molar-refractivity contribution is 0.463. The Bertz CT molecular complexity index is 494. The fourth-order valence-corrected chi connectivity index (χ4v) is 1.55. The van der Waals surface area contributed by atoms with Gasteiger partial charge in [0.15, 0.2) is 0 Å². The molecule has 0 bridgehead atoms. The van der Waals surface area contributed by atoms with E-state index in [0.717, 1.165) is 5.56 Å². The number of pyridine rings is 1. The Hall–Kier alpha value is -1.74. The Kier molecular flexibility index (Phi) is 2.97. The molecule has 0 spiro atoms. The van der Waals surface area contributed by atoms with Crippen LogP contribution in [0.1, 0.15) is 5.56 Å². The van der Waals surface area contributed by atoms with E-state index in [0.29, 0.717) is 22.5 Å². The van der Waals surface area contributed by atoms with Crippen LogP contribution in [-0.4, -0.2) is 4.98 Å². The Balaban J connectivity index is 2.27. The van der Waals surface area contributed by atoms with Crippen LogP contribution in [0.3, 0.4) is 0 Å². The molecular weight excluding hydrogens is 224 g/mol. The normalized spacial score (nSPS) is 10.1. The molecule has 0 atom stereocenters. The Morgan fingerprint density at radius 2 is 2.06 bits per heavy atom. The van der Waals surface area contributed by atoms with E-state index in [1.165, 1.54) is 0 Å². The van der Waals surface area contributed by atoms with Crippen molar-refractivity contribution in [1.29, 1.82) is 0 Å². The van der Waals surface area contributed by atoms with Gasteiger partial charge in [0, 0.05) is 11.8 Å². The van der Waals surface area contributed by atoms with Crippen molar-refractivity contribution in [3.63, 3.8) is 0 Å². The van der Waals surface area contributed by atoms with Gasteiger partial charge in [-0.15, -0.1) is 0 Å². The maximum absolute atomic E-state index is 5.78. The minimum absolute atomic E-state index is 0.322. The van der Waals surface area contributed by atoms with Gasteiger partial charge < -0.3 is 10.5 Å². The molecule has 2 aromatic rings. The third-order valence-electron chi connectivity index (χ3n) is 2.00. The van der Waals surface area contributed by atoms with Crippen LogP contribution in [0.5, 0.6) is 11.6 Å². The van der Waals surface area contributed by atoms with Crippen LogP contribution in [0.15, 0.2) is 36.4 Å². The Labute approximate surface area is 98.8 Å². The third kappa shape index (κ3) is 2.64. The van der Waals surface area contributed by atoms with Crippen molar-refractivity contribution in [2.24, 2.45) is 0 Å². The van der Waals surface area contributed by atoms with Crippen molar-refractivity contribution in [3.8, 4) is 11.6 Å². The number of hydrogen-bond acceptors (Lipinski definition) is 3. The van der Waals surface area contributed by atoms with Gasteiger partial charge in [-0.3, -0.25) is 0 Å². The highest BCUT2D eigenvalue weighted by atomic mass is 35.5. The van der Waals surface area contributed by atoms with Crippen molar-refractivity contribution in [2.75, 3.05) is 5.73 Å². The van der Waals surface area contributed by atoms with Crippen LogP contribution in [0.2, 0.25) is 5.15 Å². The highest BCUT2D eigenvalue weighted by Crippen LogP contribution is 2.24. The van der Waals surface area contributed by atoms with Crippen molar-refractivity contribution in [2.45, 2.75) is 6.92 Å². The summed E-state index contributed by atoms with van der Waals surface area (Å²) in [5, 5.41) is 0.322. The highest BCUT2D eigenvalue weighted by Gasteiger charge is 2.02. The van der Waals surface area contributed by atoms with E-state index >= 15 is 0 Å².